The van der Waals surface area contributed by atoms with E-state index in [9.17, 15) is 4.79 Å². The Morgan fingerprint density at radius 2 is 2.26 bits per heavy atom. The molecule has 0 spiro atoms. The largest absolute Gasteiger partial charge is 0.372 e. The van der Waals surface area contributed by atoms with Crippen LogP contribution in [0.25, 0.3) is 0 Å². The highest BCUT2D eigenvalue weighted by molar-refractivity contribution is 9.10. The van der Waals surface area contributed by atoms with Crippen LogP contribution in [0.3, 0.4) is 0 Å². The van der Waals surface area contributed by atoms with Crippen molar-refractivity contribution in [2.24, 2.45) is 5.92 Å². The summed E-state index contributed by atoms with van der Waals surface area (Å²) in [5.41, 5.74) is 0.637. The summed E-state index contributed by atoms with van der Waals surface area (Å²) < 4.78 is 0.826. The molecule has 0 saturated carbocycles. The third kappa shape index (κ3) is 2.91. The summed E-state index contributed by atoms with van der Waals surface area (Å²) in [6.07, 6.45) is 3.97. The second-order valence-corrected chi connectivity index (χ2v) is 6.07. The molecule has 1 aliphatic heterocycles. The zero-order valence-corrected chi connectivity index (χ0v) is 13.2. The molecule has 2 atom stereocenters. The van der Waals surface area contributed by atoms with Gasteiger partial charge in [0.2, 0.25) is 0 Å². The molecule has 4 nitrogen and oxygen atoms in total. The highest BCUT2D eigenvalue weighted by Gasteiger charge is 2.30. The Morgan fingerprint density at radius 1 is 1.53 bits per heavy atom. The predicted octanol–water partition coefficient (Wildman–Crippen LogP) is 3.15. The van der Waals surface area contributed by atoms with Crippen molar-refractivity contribution >= 4 is 27.7 Å². The van der Waals surface area contributed by atoms with Gasteiger partial charge in [-0.3, -0.25) is 4.79 Å². The third-order valence-corrected chi connectivity index (χ3v) is 4.39. The highest BCUT2D eigenvalue weighted by atomic mass is 79.9. The number of rotatable bonds is 2. The second-order valence-electron chi connectivity index (χ2n) is 5.16. The van der Waals surface area contributed by atoms with Crippen LogP contribution in [0.4, 0.5) is 5.82 Å². The van der Waals surface area contributed by atoms with Crippen LogP contribution in [0, 0.1) is 5.92 Å². The minimum atomic E-state index is 0.0669. The minimum absolute atomic E-state index is 0.0669. The van der Waals surface area contributed by atoms with Gasteiger partial charge in [0.1, 0.15) is 5.82 Å². The maximum atomic E-state index is 12.7. The number of amides is 1. The molecule has 5 heteroatoms. The molecule has 1 aliphatic rings. The molecule has 2 unspecified atom stereocenters. The van der Waals surface area contributed by atoms with Gasteiger partial charge in [-0.1, -0.05) is 6.92 Å². The molecule has 1 fully saturated rings. The van der Waals surface area contributed by atoms with E-state index in [1.54, 1.807) is 13.2 Å². The number of hydrogen-bond acceptors (Lipinski definition) is 3. The number of nitrogens with one attached hydrogen (secondary N) is 1. The highest BCUT2D eigenvalue weighted by Crippen LogP contribution is 2.27. The Morgan fingerprint density at radius 3 is 2.95 bits per heavy atom. The molecule has 104 valence electrons. The van der Waals surface area contributed by atoms with Gasteiger partial charge in [0.05, 0.1) is 5.56 Å². The van der Waals surface area contributed by atoms with Crippen molar-refractivity contribution in [3.8, 4) is 0 Å². The number of halogens is 1. The van der Waals surface area contributed by atoms with Gasteiger partial charge in [-0.05, 0) is 47.7 Å². The maximum absolute atomic E-state index is 12.7. The van der Waals surface area contributed by atoms with Crippen LogP contribution in [-0.4, -0.2) is 35.4 Å². The number of carbonyl (C=O) groups is 1. The Balaban J connectivity index is 2.30. The first kappa shape index (κ1) is 14.3. The van der Waals surface area contributed by atoms with Gasteiger partial charge in [0.25, 0.3) is 5.91 Å². The van der Waals surface area contributed by atoms with Crippen LogP contribution in [0.1, 0.15) is 37.0 Å². The minimum Gasteiger partial charge on any atom is -0.372 e. The first-order valence-electron chi connectivity index (χ1n) is 6.69. The molecule has 2 rings (SSSR count). The molecule has 1 saturated heterocycles. The number of nitrogens with zero attached hydrogens (tertiary/aromatic N) is 2. The molecule has 0 aliphatic carbocycles. The van der Waals surface area contributed by atoms with Crippen molar-refractivity contribution in [2.75, 3.05) is 18.9 Å². The standard InChI is InChI=1S/C14H20BrN3O/c1-9-5-4-6-18(10(9)2)14(19)12-7-11(15)8-17-13(12)16-3/h7-10H,4-6H2,1-3H3,(H,16,17). The molecule has 0 bridgehead atoms. The van der Waals surface area contributed by atoms with Crippen molar-refractivity contribution in [3.63, 3.8) is 0 Å². The topological polar surface area (TPSA) is 45.2 Å². The molecule has 1 amide bonds. The lowest BCUT2D eigenvalue weighted by atomic mass is 9.91. The molecule has 1 N–H and O–H groups in total. The lowest BCUT2D eigenvalue weighted by molar-refractivity contribution is 0.0551. The third-order valence-electron chi connectivity index (χ3n) is 3.96. The van der Waals surface area contributed by atoms with Crippen LogP contribution in [0.5, 0.6) is 0 Å². The molecule has 0 radical (unpaired) electrons. The molecule has 2 heterocycles. The van der Waals surface area contributed by atoms with E-state index >= 15 is 0 Å². The van der Waals surface area contributed by atoms with Gasteiger partial charge in [-0.25, -0.2) is 4.98 Å². The quantitative estimate of drug-likeness (QED) is 0.908. The van der Waals surface area contributed by atoms with Gasteiger partial charge in [0.15, 0.2) is 0 Å². The Labute approximate surface area is 122 Å². The normalized spacial score (nSPS) is 23.3. The van der Waals surface area contributed by atoms with Crippen LogP contribution >= 0.6 is 15.9 Å². The number of likely N-dealkylation sites (tertiary alicyclic amines) is 1. The van der Waals surface area contributed by atoms with Crippen LogP contribution in [0.2, 0.25) is 0 Å². The molecular weight excluding hydrogens is 306 g/mol. The molecule has 19 heavy (non-hydrogen) atoms. The van der Waals surface area contributed by atoms with E-state index in [0.717, 1.165) is 17.4 Å². The first-order valence-corrected chi connectivity index (χ1v) is 7.48. The Hall–Kier alpha value is -1.10. The average Bonchev–Trinajstić information content (AvgIpc) is 2.41. The summed E-state index contributed by atoms with van der Waals surface area (Å²) in [4.78, 5) is 18.9. The number of hydrogen-bond donors (Lipinski definition) is 1. The first-order chi connectivity index (χ1) is 9.04. The fourth-order valence-electron chi connectivity index (χ4n) is 2.58. The van der Waals surface area contributed by atoms with Crippen molar-refractivity contribution in [3.05, 3.63) is 22.3 Å². The van der Waals surface area contributed by atoms with Gasteiger partial charge < -0.3 is 10.2 Å². The van der Waals surface area contributed by atoms with Crippen LogP contribution in [-0.2, 0) is 0 Å². The van der Waals surface area contributed by atoms with E-state index in [2.05, 4.69) is 40.1 Å². The smallest absolute Gasteiger partial charge is 0.257 e. The lowest BCUT2D eigenvalue weighted by Crippen LogP contribution is -2.46. The number of aromatic nitrogens is 1. The van der Waals surface area contributed by atoms with Gasteiger partial charge in [-0.15, -0.1) is 0 Å². The predicted molar refractivity (Wildman–Crippen MR) is 80.4 cm³/mol. The summed E-state index contributed by atoms with van der Waals surface area (Å²) in [5, 5.41) is 2.99. The molecule has 0 aromatic carbocycles. The summed E-state index contributed by atoms with van der Waals surface area (Å²) in [5.74, 6) is 1.26. The number of carbonyl (C=O) groups excluding carboxylic acids is 1. The van der Waals surface area contributed by atoms with E-state index in [4.69, 9.17) is 0 Å². The maximum Gasteiger partial charge on any atom is 0.257 e. The summed E-state index contributed by atoms with van der Waals surface area (Å²) in [6.45, 7) is 5.18. The Kier molecular flexibility index (Phi) is 4.45. The summed E-state index contributed by atoms with van der Waals surface area (Å²) in [7, 11) is 1.79. The van der Waals surface area contributed by atoms with E-state index in [0.29, 0.717) is 17.3 Å². The van der Waals surface area contributed by atoms with Crippen LogP contribution in [0.15, 0.2) is 16.7 Å². The SMILES string of the molecule is CNc1ncc(Br)cc1C(=O)N1CCCC(C)C1C. The average molecular weight is 326 g/mol. The summed E-state index contributed by atoms with van der Waals surface area (Å²) in [6, 6.07) is 2.12. The zero-order chi connectivity index (χ0) is 14.0. The fraction of sp³-hybridized carbons (Fsp3) is 0.571. The lowest BCUT2D eigenvalue weighted by Gasteiger charge is -2.38. The Bertz CT molecular complexity index is 478. The summed E-state index contributed by atoms with van der Waals surface area (Å²) >= 11 is 3.38. The van der Waals surface area contributed by atoms with Gasteiger partial charge >= 0.3 is 0 Å². The van der Waals surface area contributed by atoms with Crippen LogP contribution < -0.4 is 5.32 Å². The monoisotopic (exact) mass is 325 g/mol. The van der Waals surface area contributed by atoms with E-state index in [1.807, 2.05) is 11.0 Å². The van der Waals surface area contributed by atoms with Crippen molar-refractivity contribution < 1.29 is 4.79 Å². The van der Waals surface area contributed by atoms with Crippen molar-refractivity contribution in [1.82, 2.24) is 9.88 Å². The molecule has 1 aromatic heterocycles. The van der Waals surface area contributed by atoms with Crippen molar-refractivity contribution in [2.45, 2.75) is 32.7 Å². The van der Waals surface area contributed by atoms with Crippen molar-refractivity contribution in [1.29, 1.82) is 0 Å². The number of anilines is 1. The van der Waals surface area contributed by atoms with Gasteiger partial charge in [0, 0.05) is 30.3 Å². The number of pyridine rings is 1. The zero-order valence-electron chi connectivity index (χ0n) is 11.6. The molecular formula is C14H20BrN3O. The fourth-order valence-corrected chi connectivity index (χ4v) is 2.91. The molecule has 1 aromatic rings. The second kappa shape index (κ2) is 5.90. The van der Waals surface area contributed by atoms with Gasteiger partial charge in [-0.2, -0.15) is 0 Å². The van der Waals surface area contributed by atoms with E-state index in [-0.39, 0.29) is 11.9 Å². The van der Waals surface area contributed by atoms with E-state index < -0.39 is 0 Å². The number of piperidine rings is 1. The van der Waals surface area contributed by atoms with E-state index in [1.165, 1.54) is 6.42 Å².